The second kappa shape index (κ2) is 6.02. The van der Waals surface area contributed by atoms with Crippen LogP contribution in [0.15, 0.2) is 41.2 Å². The second-order valence-corrected chi connectivity index (χ2v) is 6.71. The van der Waals surface area contributed by atoms with Gasteiger partial charge in [-0.3, -0.25) is 9.59 Å². The average molecular weight is 349 g/mol. The maximum absolute atomic E-state index is 12.9. The van der Waals surface area contributed by atoms with E-state index in [4.69, 9.17) is 0 Å². The molecule has 0 atom stereocenters. The first-order valence-corrected chi connectivity index (χ1v) is 8.76. The van der Waals surface area contributed by atoms with Crippen molar-refractivity contribution in [1.82, 2.24) is 0 Å². The van der Waals surface area contributed by atoms with E-state index in [0.717, 1.165) is 24.0 Å². The van der Waals surface area contributed by atoms with E-state index in [2.05, 4.69) is 0 Å². The molecular weight excluding hydrogens is 330 g/mol. The van der Waals surface area contributed by atoms with Gasteiger partial charge in [-0.15, -0.1) is 0 Å². The van der Waals surface area contributed by atoms with Crippen molar-refractivity contribution in [3.63, 3.8) is 0 Å². The first kappa shape index (κ1) is 16.4. The third kappa shape index (κ3) is 2.56. The summed E-state index contributed by atoms with van der Waals surface area (Å²) < 4.78 is 0. The highest BCUT2D eigenvalue weighted by Crippen LogP contribution is 2.45. The SMILES string of the molecule is CCCCC(=O)N1Cc2cc(O)ccc2-c2c(c2=O)-c2ccc(O)cc21. The van der Waals surface area contributed by atoms with Gasteiger partial charge in [-0.2, -0.15) is 0 Å². The summed E-state index contributed by atoms with van der Waals surface area (Å²) in [5.74, 6) is 0.0748. The van der Waals surface area contributed by atoms with E-state index in [0.29, 0.717) is 28.8 Å². The number of carbonyl (C=O) groups is 1. The number of aromatic hydroxyl groups is 2. The molecule has 1 amide bonds. The molecule has 0 bridgehead atoms. The minimum absolute atomic E-state index is 0.0454. The Balaban J connectivity index is 1.92. The zero-order chi connectivity index (χ0) is 18.4. The number of phenols is 2. The highest BCUT2D eigenvalue weighted by Gasteiger charge is 2.34. The fourth-order valence-corrected chi connectivity index (χ4v) is 3.53. The number of fused-ring (bicyclic) bond motifs is 5. The predicted molar refractivity (Wildman–Crippen MR) is 100 cm³/mol. The minimum Gasteiger partial charge on any atom is -0.508 e. The average Bonchev–Trinajstić information content (AvgIpc) is 3.26. The number of hydrogen-bond donors (Lipinski definition) is 2. The number of carbonyl (C=O) groups excluding carboxylic acids is 1. The molecule has 5 heteroatoms. The zero-order valence-corrected chi connectivity index (χ0v) is 14.5. The molecule has 1 aliphatic rings. The Hall–Kier alpha value is -3.08. The fourth-order valence-electron chi connectivity index (χ4n) is 3.53. The van der Waals surface area contributed by atoms with Gasteiger partial charge in [0.1, 0.15) is 11.5 Å². The van der Waals surface area contributed by atoms with Gasteiger partial charge in [0.05, 0.1) is 12.2 Å². The Labute approximate surface area is 150 Å². The van der Waals surface area contributed by atoms with Gasteiger partial charge in [-0.1, -0.05) is 19.4 Å². The summed E-state index contributed by atoms with van der Waals surface area (Å²) in [6.07, 6.45) is 2.06. The summed E-state index contributed by atoms with van der Waals surface area (Å²) in [4.78, 5) is 26.9. The third-order valence-corrected chi connectivity index (χ3v) is 4.91. The Kier molecular flexibility index (Phi) is 3.80. The number of rotatable bonds is 3. The molecule has 1 heterocycles. The molecule has 0 saturated carbocycles. The van der Waals surface area contributed by atoms with Crippen molar-refractivity contribution in [2.24, 2.45) is 0 Å². The van der Waals surface area contributed by atoms with Crippen LogP contribution in [-0.4, -0.2) is 16.1 Å². The van der Waals surface area contributed by atoms with Crippen LogP contribution in [-0.2, 0) is 11.3 Å². The summed E-state index contributed by atoms with van der Waals surface area (Å²) in [7, 11) is 0. The molecule has 0 aliphatic carbocycles. The molecule has 0 spiro atoms. The molecule has 4 rings (SSSR count). The molecule has 0 radical (unpaired) electrons. The lowest BCUT2D eigenvalue weighted by molar-refractivity contribution is -0.118. The van der Waals surface area contributed by atoms with Crippen LogP contribution in [0.2, 0.25) is 0 Å². The molecule has 1 aliphatic heterocycles. The number of nitrogens with zero attached hydrogens (tertiary/aromatic N) is 1. The first-order chi connectivity index (χ1) is 12.5. The molecule has 132 valence electrons. The summed E-state index contributed by atoms with van der Waals surface area (Å²) in [6.45, 7) is 2.26. The minimum atomic E-state index is -0.0647. The number of phenolic OH excluding ortho intramolecular Hbond substituents is 2. The summed E-state index contributed by atoms with van der Waals surface area (Å²) in [5, 5.41) is 19.8. The van der Waals surface area contributed by atoms with Gasteiger partial charge >= 0.3 is 0 Å². The monoisotopic (exact) mass is 349 g/mol. The van der Waals surface area contributed by atoms with Crippen molar-refractivity contribution < 1.29 is 15.0 Å². The maximum atomic E-state index is 12.9. The molecule has 2 N–H and O–H groups in total. The van der Waals surface area contributed by atoms with Crippen LogP contribution in [0, 0.1) is 0 Å². The summed E-state index contributed by atoms with van der Waals surface area (Å²) >= 11 is 0. The van der Waals surface area contributed by atoms with Crippen LogP contribution in [0.5, 0.6) is 11.5 Å². The van der Waals surface area contributed by atoms with Gasteiger partial charge in [0.15, 0.2) is 5.43 Å². The standard InChI is InChI=1S/C21H19NO4/c1-2-3-4-18(25)22-11-12-9-13(23)5-7-15(12)19-20(21(19)26)16-8-6-14(24)10-17(16)22/h5-10,23-24H,2-4,11H2,1H3. The molecule has 0 aromatic heterocycles. The molecule has 3 aromatic rings. The summed E-state index contributed by atoms with van der Waals surface area (Å²) in [6, 6.07) is 9.63. The molecule has 0 unspecified atom stereocenters. The lowest BCUT2D eigenvalue weighted by atomic mass is 9.98. The fraction of sp³-hybridized carbons (Fsp3) is 0.238. The van der Waals surface area contributed by atoms with Gasteiger partial charge in [0.25, 0.3) is 0 Å². The van der Waals surface area contributed by atoms with E-state index in [9.17, 15) is 19.8 Å². The topological polar surface area (TPSA) is 77.8 Å². The Bertz CT molecular complexity index is 1030. The number of unbranched alkanes of at least 4 members (excludes halogenated alkanes) is 1. The van der Waals surface area contributed by atoms with Crippen LogP contribution >= 0.6 is 0 Å². The largest absolute Gasteiger partial charge is 0.508 e. The number of hydrogen-bond acceptors (Lipinski definition) is 4. The third-order valence-electron chi connectivity index (χ3n) is 4.91. The lowest BCUT2D eigenvalue weighted by Crippen LogP contribution is -2.31. The first-order valence-electron chi connectivity index (χ1n) is 8.76. The molecule has 26 heavy (non-hydrogen) atoms. The number of anilines is 1. The van der Waals surface area contributed by atoms with Gasteiger partial charge in [0.2, 0.25) is 5.91 Å². The van der Waals surface area contributed by atoms with Crippen LogP contribution in [0.4, 0.5) is 5.69 Å². The van der Waals surface area contributed by atoms with E-state index in [1.165, 1.54) is 12.1 Å². The molecule has 3 aromatic carbocycles. The van der Waals surface area contributed by atoms with Crippen molar-refractivity contribution in [3.8, 4) is 33.8 Å². The number of benzene rings is 2. The van der Waals surface area contributed by atoms with Crippen molar-refractivity contribution >= 4 is 11.6 Å². The Morgan fingerprint density at radius 3 is 2.42 bits per heavy atom. The van der Waals surface area contributed by atoms with E-state index >= 15 is 0 Å². The van der Waals surface area contributed by atoms with Gasteiger partial charge in [0, 0.05) is 29.2 Å². The highest BCUT2D eigenvalue weighted by atomic mass is 16.3. The highest BCUT2D eigenvalue weighted by molar-refractivity contribution is 6.05. The van der Waals surface area contributed by atoms with Crippen LogP contribution in [0.25, 0.3) is 22.3 Å². The number of amides is 1. The Morgan fingerprint density at radius 2 is 1.69 bits per heavy atom. The smallest absolute Gasteiger partial charge is 0.227 e. The van der Waals surface area contributed by atoms with Crippen molar-refractivity contribution in [2.45, 2.75) is 32.7 Å². The van der Waals surface area contributed by atoms with Crippen LogP contribution < -0.4 is 10.3 Å². The summed E-state index contributed by atoms with van der Waals surface area (Å²) in [5.41, 5.74) is 3.86. The quantitative estimate of drug-likeness (QED) is 0.756. The normalized spacial score (nSPS) is 12.9. The molecule has 0 saturated heterocycles. The lowest BCUT2D eigenvalue weighted by Gasteiger charge is -2.27. The van der Waals surface area contributed by atoms with Gasteiger partial charge in [-0.05, 0) is 41.8 Å². The maximum Gasteiger partial charge on any atom is 0.227 e. The molecule has 5 nitrogen and oxygen atoms in total. The van der Waals surface area contributed by atoms with E-state index in [1.807, 2.05) is 6.92 Å². The molecular formula is C21H19NO4. The predicted octanol–water partition coefficient (Wildman–Crippen LogP) is 3.70. The van der Waals surface area contributed by atoms with Crippen molar-refractivity contribution in [2.75, 3.05) is 4.90 Å². The second-order valence-electron chi connectivity index (χ2n) is 6.71. The van der Waals surface area contributed by atoms with Crippen LogP contribution in [0.3, 0.4) is 0 Å². The van der Waals surface area contributed by atoms with Gasteiger partial charge < -0.3 is 15.1 Å². The van der Waals surface area contributed by atoms with E-state index in [-0.39, 0.29) is 29.4 Å². The zero-order valence-electron chi connectivity index (χ0n) is 14.5. The van der Waals surface area contributed by atoms with Crippen LogP contribution in [0.1, 0.15) is 31.7 Å². The van der Waals surface area contributed by atoms with E-state index in [1.54, 1.807) is 29.2 Å². The van der Waals surface area contributed by atoms with Crippen molar-refractivity contribution in [3.05, 3.63) is 52.2 Å². The molecule has 0 fully saturated rings. The van der Waals surface area contributed by atoms with Crippen molar-refractivity contribution in [1.29, 1.82) is 0 Å². The Morgan fingerprint density at radius 1 is 1.04 bits per heavy atom. The van der Waals surface area contributed by atoms with E-state index < -0.39 is 0 Å². The van der Waals surface area contributed by atoms with Gasteiger partial charge in [-0.25, -0.2) is 0 Å².